The van der Waals surface area contributed by atoms with Gasteiger partial charge in [0, 0.05) is 10.6 Å². The number of methoxy groups -OCH3 is 1. The number of hydrogen-bond donors (Lipinski definition) is 2. The molecule has 118 valence electrons. The van der Waals surface area contributed by atoms with Crippen molar-refractivity contribution in [2.45, 2.75) is 4.90 Å². The van der Waals surface area contributed by atoms with E-state index >= 15 is 0 Å². The van der Waals surface area contributed by atoms with Gasteiger partial charge in [0.2, 0.25) is 5.91 Å². The van der Waals surface area contributed by atoms with E-state index in [4.69, 9.17) is 10.5 Å². The van der Waals surface area contributed by atoms with Crippen LogP contribution in [0.4, 0.5) is 10.8 Å². The van der Waals surface area contributed by atoms with E-state index in [1.807, 2.05) is 42.5 Å². The van der Waals surface area contributed by atoms with Gasteiger partial charge in [-0.05, 0) is 36.4 Å². The molecular weight excluding hydrogens is 330 g/mol. The molecule has 5 nitrogen and oxygen atoms in total. The number of hydrogen-bond acceptors (Lipinski definition) is 6. The Bertz CT molecular complexity index is 848. The standard InChI is InChI=1S/C16H15N3O2S2/c1-21-11-5-6-13-14(8-11)23-16(18-13)19-15(20)9-22-12-4-2-3-10(17)7-12/h2-8H,9,17H2,1H3,(H,18,19,20). The second kappa shape index (κ2) is 6.89. The van der Waals surface area contributed by atoms with Gasteiger partial charge in [-0.3, -0.25) is 4.79 Å². The zero-order chi connectivity index (χ0) is 16.2. The van der Waals surface area contributed by atoms with E-state index < -0.39 is 0 Å². The highest BCUT2D eigenvalue weighted by Crippen LogP contribution is 2.29. The van der Waals surface area contributed by atoms with Crippen molar-refractivity contribution in [1.29, 1.82) is 0 Å². The van der Waals surface area contributed by atoms with Crippen molar-refractivity contribution in [3.8, 4) is 5.75 Å². The number of ether oxygens (including phenoxy) is 1. The lowest BCUT2D eigenvalue weighted by Gasteiger charge is -2.02. The highest BCUT2D eigenvalue weighted by Gasteiger charge is 2.09. The van der Waals surface area contributed by atoms with E-state index in [-0.39, 0.29) is 5.91 Å². The van der Waals surface area contributed by atoms with Gasteiger partial charge < -0.3 is 15.8 Å². The van der Waals surface area contributed by atoms with Crippen molar-refractivity contribution in [3.63, 3.8) is 0 Å². The van der Waals surface area contributed by atoms with Crippen LogP contribution in [0.15, 0.2) is 47.4 Å². The summed E-state index contributed by atoms with van der Waals surface area (Å²) in [6.07, 6.45) is 0. The topological polar surface area (TPSA) is 77.2 Å². The normalized spacial score (nSPS) is 10.7. The van der Waals surface area contributed by atoms with Crippen molar-refractivity contribution in [2.24, 2.45) is 0 Å². The van der Waals surface area contributed by atoms with Crippen LogP contribution in [-0.4, -0.2) is 23.8 Å². The Morgan fingerprint density at radius 2 is 2.22 bits per heavy atom. The van der Waals surface area contributed by atoms with Crippen molar-refractivity contribution >= 4 is 50.0 Å². The minimum Gasteiger partial charge on any atom is -0.497 e. The number of nitrogens with two attached hydrogens (primary N) is 1. The molecule has 23 heavy (non-hydrogen) atoms. The van der Waals surface area contributed by atoms with Crippen molar-refractivity contribution in [2.75, 3.05) is 23.9 Å². The first-order chi connectivity index (χ1) is 11.1. The van der Waals surface area contributed by atoms with Crippen molar-refractivity contribution in [3.05, 3.63) is 42.5 Å². The average Bonchev–Trinajstić information content (AvgIpc) is 2.94. The number of nitrogen functional groups attached to an aromatic ring is 1. The number of nitrogens with one attached hydrogen (secondary N) is 1. The second-order valence-corrected chi connectivity index (χ2v) is 6.84. The minimum atomic E-state index is -0.0940. The van der Waals surface area contributed by atoms with Crippen LogP contribution in [0.5, 0.6) is 5.75 Å². The first-order valence-electron chi connectivity index (χ1n) is 6.87. The molecule has 0 atom stereocenters. The first kappa shape index (κ1) is 15.6. The third-order valence-electron chi connectivity index (χ3n) is 3.07. The van der Waals surface area contributed by atoms with Crippen molar-refractivity contribution < 1.29 is 9.53 Å². The number of benzene rings is 2. The van der Waals surface area contributed by atoms with Crippen LogP contribution in [0.3, 0.4) is 0 Å². The van der Waals surface area contributed by atoms with Gasteiger partial charge in [0.25, 0.3) is 0 Å². The fraction of sp³-hybridized carbons (Fsp3) is 0.125. The molecule has 3 aromatic rings. The maximum Gasteiger partial charge on any atom is 0.236 e. The summed E-state index contributed by atoms with van der Waals surface area (Å²) in [6.45, 7) is 0. The lowest BCUT2D eigenvalue weighted by Crippen LogP contribution is -2.13. The zero-order valence-electron chi connectivity index (χ0n) is 12.4. The predicted molar refractivity (Wildman–Crippen MR) is 96.4 cm³/mol. The molecule has 7 heteroatoms. The van der Waals surface area contributed by atoms with Gasteiger partial charge in [0.05, 0.1) is 23.1 Å². The van der Waals surface area contributed by atoms with Crippen LogP contribution in [0.1, 0.15) is 0 Å². The number of carbonyl (C=O) groups is 1. The molecule has 0 bridgehead atoms. The largest absolute Gasteiger partial charge is 0.497 e. The zero-order valence-corrected chi connectivity index (χ0v) is 14.0. The van der Waals surface area contributed by atoms with E-state index in [9.17, 15) is 4.79 Å². The van der Waals surface area contributed by atoms with Gasteiger partial charge in [-0.25, -0.2) is 4.98 Å². The number of fused-ring (bicyclic) bond motifs is 1. The number of thioether (sulfide) groups is 1. The molecular formula is C16H15N3O2S2. The average molecular weight is 345 g/mol. The summed E-state index contributed by atoms with van der Waals surface area (Å²) in [5.41, 5.74) is 7.26. The number of carbonyl (C=O) groups excluding carboxylic acids is 1. The van der Waals surface area contributed by atoms with E-state index in [1.54, 1.807) is 7.11 Å². The number of amides is 1. The second-order valence-electron chi connectivity index (χ2n) is 4.76. The van der Waals surface area contributed by atoms with E-state index in [0.29, 0.717) is 16.6 Å². The Kier molecular flexibility index (Phi) is 4.68. The molecule has 1 amide bonds. The third-order valence-corrected chi connectivity index (χ3v) is 5.00. The van der Waals surface area contributed by atoms with Gasteiger partial charge in [-0.2, -0.15) is 0 Å². The minimum absolute atomic E-state index is 0.0940. The molecule has 1 aromatic heterocycles. The molecule has 0 aliphatic heterocycles. The van der Waals surface area contributed by atoms with Gasteiger partial charge >= 0.3 is 0 Å². The fourth-order valence-electron chi connectivity index (χ4n) is 1.99. The summed E-state index contributed by atoms with van der Waals surface area (Å²) in [7, 11) is 1.62. The molecule has 0 unspecified atom stereocenters. The SMILES string of the molecule is COc1ccc2nc(NC(=O)CSc3cccc(N)c3)sc2c1. The summed E-state index contributed by atoms with van der Waals surface area (Å²) >= 11 is 2.87. The van der Waals surface area contributed by atoms with E-state index in [0.717, 1.165) is 20.9 Å². The van der Waals surface area contributed by atoms with Crippen LogP contribution in [0.2, 0.25) is 0 Å². The Morgan fingerprint density at radius 1 is 1.35 bits per heavy atom. The Morgan fingerprint density at radius 3 is 3.00 bits per heavy atom. The van der Waals surface area contributed by atoms with Crippen LogP contribution < -0.4 is 15.8 Å². The van der Waals surface area contributed by atoms with Crippen molar-refractivity contribution in [1.82, 2.24) is 4.98 Å². The smallest absolute Gasteiger partial charge is 0.236 e. The summed E-state index contributed by atoms with van der Waals surface area (Å²) in [4.78, 5) is 17.4. The fourth-order valence-corrected chi connectivity index (χ4v) is 3.67. The quantitative estimate of drug-likeness (QED) is 0.545. The Labute approximate surface area is 141 Å². The van der Waals surface area contributed by atoms with Crippen LogP contribution in [0, 0.1) is 0 Å². The molecule has 1 heterocycles. The number of nitrogens with zero attached hydrogens (tertiary/aromatic N) is 1. The maximum absolute atomic E-state index is 12.0. The third kappa shape index (κ3) is 3.94. The highest BCUT2D eigenvalue weighted by molar-refractivity contribution is 8.00. The molecule has 0 spiro atoms. The number of anilines is 2. The van der Waals surface area contributed by atoms with Crippen LogP contribution in [0.25, 0.3) is 10.2 Å². The molecule has 2 aromatic carbocycles. The summed E-state index contributed by atoms with van der Waals surface area (Å²) in [5.74, 6) is 0.989. The molecule has 3 rings (SSSR count). The number of thiazole rings is 1. The number of aromatic nitrogens is 1. The Balaban J connectivity index is 1.63. The molecule has 0 saturated carbocycles. The van der Waals surface area contributed by atoms with E-state index in [1.165, 1.54) is 23.1 Å². The summed E-state index contributed by atoms with van der Waals surface area (Å²) < 4.78 is 6.16. The van der Waals surface area contributed by atoms with Gasteiger partial charge in [0.1, 0.15) is 5.75 Å². The van der Waals surface area contributed by atoms with Gasteiger partial charge in [0.15, 0.2) is 5.13 Å². The molecule has 0 aliphatic carbocycles. The summed E-state index contributed by atoms with van der Waals surface area (Å²) in [6, 6.07) is 13.1. The Hall–Kier alpha value is -2.25. The maximum atomic E-state index is 12.0. The highest BCUT2D eigenvalue weighted by atomic mass is 32.2. The molecule has 0 aliphatic rings. The first-order valence-corrected chi connectivity index (χ1v) is 8.67. The predicted octanol–water partition coefficient (Wildman–Crippen LogP) is 3.62. The van der Waals surface area contributed by atoms with Gasteiger partial charge in [-0.15, -0.1) is 11.8 Å². The lowest BCUT2D eigenvalue weighted by atomic mass is 10.3. The summed E-state index contributed by atoms with van der Waals surface area (Å²) in [5, 5.41) is 3.42. The molecule has 0 saturated heterocycles. The van der Waals surface area contributed by atoms with E-state index in [2.05, 4.69) is 10.3 Å². The molecule has 3 N–H and O–H groups in total. The monoisotopic (exact) mass is 345 g/mol. The van der Waals surface area contributed by atoms with Crippen LogP contribution in [-0.2, 0) is 4.79 Å². The molecule has 0 radical (unpaired) electrons. The van der Waals surface area contributed by atoms with Gasteiger partial charge in [-0.1, -0.05) is 17.4 Å². The lowest BCUT2D eigenvalue weighted by molar-refractivity contribution is -0.113. The molecule has 0 fully saturated rings. The van der Waals surface area contributed by atoms with Crippen LogP contribution >= 0.6 is 23.1 Å². The number of rotatable bonds is 5.